The van der Waals surface area contributed by atoms with Crippen LogP contribution < -0.4 is 20.4 Å². The Morgan fingerprint density at radius 2 is 1.96 bits per heavy atom. The van der Waals surface area contributed by atoms with Crippen molar-refractivity contribution in [1.29, 1.82) is 0 Å². The second kappa shape index (κ2) is 7.56. The number of nitro benzene ring substituents is 1. The van der Waals surface area contributed by atoms with Gasteiger partial charge < -0.3 is 19.2 Å². The highest BCUT2D eigenvalue weighted by Crippen LogP contribution is 2.28. The molecule has 1 aromatic heterocycles. The number of benzene rings is 2. The van der Waals surface area contributed by atoms with Gasteiger partial charge in [-0.25, -0.2) is 4.79 Å². The lowest BCUT2D eigenvalue weighted by Crippen LogP contribution is -2.20. The molecular weight excluding hydrogens is 356 g/mol. The molecule has 0 unspecified atom stereocenters. The number of hydrogen-bond donors (Lipinski definition) is 1. The number of nitro groups is 1. The Morgan fingerprint density at radius 3 is 2.70 bits per heavy atom. The molecule has 27 heavy (non-hydrogen) atoms. The van der Waals surface area contributed by atoms with E-state index in [-0.39, 0.29) is 23.7 Å². The van der Waals surface area contributed by atoms with Crippen molar-refractivity contribution in [2.45, 2.75) is 0 Å². The molecule has 0 saturated carbocycles. The van der Waals surface area contributed by atoms with Gasteiger partial charge >= 0.3 is 5.63 Å². The van der Waals surface area contributed by atoms with Crippen LogP contribution in [0.3, 0.4) is 0 Å². The van der Waals surface area contributed by atoms with Gasteiger partial charge in [0.05, 0.1) is 17.7 Å². The number of non-ortho nitro benzene ring substituents is 1. The molecule has 9 nitrogen and oxygen atoms in total. The summed E-state index contributed by atoms with van der Waals surface area (Å²) in [7, 11) is 1.39. The normalized spacial score (nSPS) is 10.4. The smallest absolute Gasteiger partial charge is 0.336 e. The number of nitrogens with zero attached hydrogens (tertiary/aromatic N) is 1. The first-order chi connectivity index (χ1) is 13.0. The Labute approximate surface area is 152 Å². The van der Waals surface area contributed by atoms with Gasteiger partial charge in [0.1, 0.15) is 17.1 Å². The second-order valence-corrected chi connectivity index (χ2v) is 5.43. The van der Waals surface area contributed by atoms with E-state index < -0.39 is 16.5 Å². The van der Waals surface area contributed by atoms with Gasteiger partial charge in [-0.1, -0.05) is 0 Å². The van der Waals surface area contributed by atoms with Gasteiger partial charge in [0.2, 0.25) is 0 Å². The van der Waals surface area contributed by atoms with E-state index in [1.54, 1.807) is 18.2 Å². The van der Waals surface area contributed by atoms with Crippen molar-refractivity contribution in [1.82, 2.24) is 0 Å². The second-order valence-electron chi connectivity index (χ2n) is 5.43. The number of carbonyl (C=O) groups is 1. The minimum Gasteiger partial charge on any atom is -0.495 e. The summed E-state index contributed by atoms with van der Waals surface area (Å²) in [5.41, 5.74) is -0.183. The summed E-state index contributed by atoms with van der Waals surface area (Å²) in [6, 6.07) is 11.6. The number of methoxy groups -OCH3 is 1. The molecule has 0 aliphatic rings. The van der Waals surface area contributed by atoms with Crippen LogP contribution in [-0.4, -0.2) is 24.5 Å². The van der Waals surface area contributed by atoms with E-state index >= 15 is 0 Å². The summed E-state index contributed by atoms with van der Waals surface area (Å²) in [6.45, 7) is -0.353. The molecular formula is C18H14N2O7. The van der Waals surface area contributed by atoms with E-state index in [1.165, 1.54) is 37.4 Å². The predicted molar refractivity (Wildman–Crippen MR) is 96.3 cm³/mol. The van der Waals surface area contributed by atoms with Crippen LogP contribution in [0.4, 0.5) is 11.4 Å². The summed E-state index contributed by atoms with van der Waals surface area (Å²) in [4.78, 5) is 33.7. The number of anilines is 1. The maximum atomic E-state index is 12.1. The van der Waals surface area contributed by atoms with Crippen molar-refractivity contribution in [2.24, 2.45) is 0 Å². The molecule has 0 fully saturated rings. The lowest BCUT2D eigenvalue weighted by atomic mass is 10.2. The number of ether oxygens (including phenoxy) is 2. The molecule has 138 valence electrons. The van der Waals surface area contributed by atoms with Crippen molar-refractivity contribution in [3.8, 4) is 11.5 Å². The number of amides is 1. The van der Waals surface area contributed by atoms with Gasteiger partial charge in [0.15, 0.2) is 6.61 Å². The van der Waals surface area contributed by atoms with E-state index in [2.05, 4.69) is 5.32 Å². The van der Waals surface area contributed by atoms with Crippen LogP contribution in [0.15, 0.2) is 57.7 Å². The standard InChI is InChI=1S/C18H14N2O7/c1-25-15-6-4-12(20(23)24)8-14(15)19-17(21)10-26-13-5-2-11-3-7-18(22)27-16(11)9-13/h2-9H,10H2,1H3,(H,19,21). The lowest BCUT2D eigenvalue weighted by molar-refractivity contribution is -0.384. The molecule has 3 aromatic rings. The van der Waals surface area contributed by atoms with Crippen LogP contribution in [-0.2, 0) is 4.79 Å². The third-order valence-electron chi connectivity index (χ3n) is 3.63. The summed E-state index contributed by atoms with van der Waals surface area (Å²) in [6.07, 6.45) is 0. The monoisotopic (exact) mass is 370 g/mol. The summed E-state index contributed by atoms with van der Waals surface area (Å²) < 4.78 is 15.5. The largest absolute Gasteiger partial charge is 0.495 e. The Kier molecular flexibility index (Phi) is 5.02. The van der Waals surface area contributed by atoms with E-state index in [9.17, 15) is 19.7 Å². The Balaban J connectivity index is 1.70. The third-order valence-corrected chi connectivity index (χ3v) is 3.63. The quantitative estimate of drug-likeness (QED) is 0.402. The first kappa shape index (κ1) is 17.9. The Hall–Kier alpha value is -3.88. The summed E-state index contributed by atoms with van der Waals surface area (Å²) >= 11 is 0. The average molecular weight is 370 g/mol. The molecule has 0 radical (unpaired) electrons. The zero-order valence-corrected chi connectivity index (χ0v) is 14.1. The molecule has 3 rings (SSSR count). The summed E-state index contributed by atoms with van der Waals surface area (Å²) in [5, 5.41) is 14.1. The van der Waals surface area contributed by atoms with Crippen LogP contribution >= 0.6 is 0 Å². The fourth-order valence-electron chi connectivity index (χ4n) is 2.37. The van der Waals surface area contributed by atoms with E-state index in [0.717, 1.165) is 0 Å². The van der Waals surface area contributed by atoms with Gasteiger partial charge in [0.25, 0.3) is 11.6 Å². The van der Waals surface area contributed by atoms with Gasteiger partial charge in [-0.15, -0.1) is 0 Å². The average Bonchev–Trinajstić information content (AvgIpc) is 2.65. The first-order valence-electron chi connectivity index (χ1n) is 7.75. The number of fused-ring (bicyclic) bond motifs is 1. The van der Waals surface area contributed by atoms with Crippen molar-refractivity contribution < 1.29 is 23.6 Å². The molecule has 2 aromatic carbocycles. The number of carbonyl (C=O) groups excluding carboxylic acids is 1. The molecule has 1 amide bonds. The van der Waals surface area contributed by atoms with Crippen LogP contribution in [0.2, 0.25) is 0 Å². The predicted octanol–water partition coefficient (Wildman–Crippen LogP) is 2.73. The van der Waals surface area contributed by atoms with Crippen LogP contribution in [0, 0.1) is 10.1 Å². The molecule has 0 aliphatic heterocycles. The molecule has 9 heteroatoms. The van der Waals surface area contributed by atoms with Gasteiger partial charge in [-0.2, -0.15) is 0 Å². The number of rotatable bonds is 6. The van der Waals surface area contributed by atoms with Crippen LogP contribution in [0.5, 0.6) is 11.5 Å². The molecule has 0 aliphatic carbocycles. The first-order valence-corrected chi connectivity index (χ1v) is 7.75. The van der Waals surface area contributed by atoms with Gasteiger partial charge in [-0.3, -0.25) is 14.9 Å². The minimum absolute atomic E-state index is 0.157. The van der Waals surface area contributed by atoms with E-state index in [0.29, 0.717) is 16.7 Å². The third kappa shape index (κ3) is 4.21. The zero-order chi connectivity index (χ0) is 19.4. The van der Waals surface area contributed by atoms with E-state index in [4.69, 9.17) is 13.9 Å². The highest BCUT2D eigenvalue weighted by atomic mass is 16.6. The molecule has 0 saturated heterocycles. The van der Waals surface area contributed by atoms with Gasteiger partial charge in [0, 0.05) is 29.7 Å². The molecule has 0 spiro atoms. The van der Waals surface area contributed by atoms with Crippen LogP contribution in [0.1, 0.15) is 0 Å². The van der Waals surface area contributed by atoms with Crippen molar-refractivity contribution >= 4 is 28.3 Å². The molecule has 1 N–H and O–H groups in total. The van der Waals surface area contributed by atoms with Crippen molar-refractivity contribution in [3.05, 3.63) is 69.1 Å². The summed E-state index contributed by atoms with van der Waals surface area (Å²) in [5.74, 6) is 0.0721. The fraction of sp³-hybridized carbons (Fsp3) is 0.111. The zero-order valence-electron chi connectivity index (χ0n) is 14.1. The topological polar surface area (TPSA) is 121 Å². The van der Waals surface area contributed by atoms with Crippen molar-refractivity contribution in [3.63, 3.8) is 0 Å². The van der Waals surface area contributed by atoms with E-state index in [1.807, 2.05) is 0 Å². The maximum absolute atomic E-state index is 12.1. The SMILES string of the molecule is COc1ccc([N+](=O)[O-])cc1NC(=O)COc1ccc2ccc(=O)oc2c1. The maximum Gasteiger partial charge on any atom is 0.336 e. The van der Waals surface area contributed by atoms with Gasteiger partial charge in [-0.05, 0) is 24.3 Å². The number of hydrogen-bond acceptors (Lipinski definition) is 7. The molecule has 0 bridgehead atoms. The number of nitrogens with one attached hydrogen (secondary N) is 1. The molecule has 1 heterocycles. The molecule has 0 atom stereocenters. The Bertz CT molecular complexity index is 1070. The highest BCUT2D eigenvalue weighted by Gasteiger charge is 2.14. The highest BCUT2D eigenvalue weighted by molar-refractivity contribution is 5.93. The fourth-order valence-corrected chi connectivity index (χ4v) is 2.37. The Morgan fingerprint density at radius 1 is 1.19 bits per heavy atom. The van der Waals surface area contributed by atoms with Crippen LogP contribution in [0.25, 0.3) is 11.0 Å². The minimum atomic E-state index is -0.575. The lowest BCUT2D eigenvalue weighted by Gasteiger charge is -2.11. The van der Waals surface area contributed by atoms with Crippen molar-refractivity contribution in [2.75, 3.05) is 19.0 Å².